The third-order valence-electron chi connectivity index (χ3n) is 5.55. The van der Waals surface area contributed by atoms with Crippen LogP contribution in [0.5, 0.6) is 5.75 Å². The van der Waals surface area contributed by atoms with Gasteiger partial charge in [0.15, 0.2) is 0 Å². The maximum absolute atomic E-state index is 10.5. The number of hydrogen-bond acceptors (Lipinski definition) is 4. The van der Waals surface area contributed by atoms with Gasteiger partial charge in [-0.05, 0) is 55.8 Å². The number of piperidine rings is 1. The number of phenolic OH excluding ortho intramolecular Hbond substituents is 1. The van der Waals surface area contributed by atoms with Crippen molar-refractivity contribution >= 4 is 33.2 Å². The first-order chi connectivity index (χ1) is 12.9. The smallest absolute Gasteiger partial charge is 0.120 e. The molecule has 0 aromatic heterocycles. The number of aliphatic imine (C=N–C) groups is 1. The van der Waals surface area contributed by atoms with Gasteiger partial charge in [-0.15, -0.1) is 0 Å². The Morgan fingerprint density at radius 1 is 1.19 bits per heavy atom. The molecular weight excluding hydrogens is 426 g/mol. The Morgan fingerprint density at radius 3 is 2.59 bits per heavy atom. The minimum atomic E-state index is -0.299. The van der Waals surface area contributed by atoms with E-state index >= 15 is 0 Å². The Morgan fingerprint density at radius 2 is 1.89 bits per heavy atom. The number of aromatic hydroxyl groups is 1. The number of nitrogens with one attached hydrogen (secondary N) is 1. The van der Waals surface area contributed by atoms with E-state index in [0.29, 0.717) is 11.4 Å². The second-order valence-electron chi connectivity index (χ2n) is 7.50. The molecule has 2 aromatic carbocycles. The Hall–Kier alpha value is -1.40. The van der Waals surface area contributed by atoms with E-state index in [1.165, 1.54) is 0 Å². The summed E-state index contributed by atoms with van der Waals surface area (Å²) in [4.78, 5) is 7.52. The lowest BCUT2D eigenvalue weighted by molar-refractivity contribution is 0.144. The maximum atomic E-state index is 10.5. The van der Waals surface area contributed by atoms with Crippen LogP contribution < -0.4 is 5.32 Å². The van der Waals surface area contributed by atoms with E-state index in [2.05, 4.69) is 45.3 Å². The van der Waals surface area contributed by atoms with Crippen molar-refractivity contribution in [2.24, 2.45) is 4.99 Å². The summed E-state index contributed by atoms with van der Waals surface area (Å²) in [6, 6.07) is 13.5. The van der Waals surface area contributed by atoms with Gasteiger partial charge in [-0.25, -0.2) is 0 Å². The molecule has 2 N–H and O–H groups in total. The molecule has 2 aliphatic rings. The van der Waals surface area contributed by atoms with E-state index < -0.39 is 0 Å². The molecule has 1 saturated heterocycles. The van der Waals surface area contributed by atoms with Gasteiger partial charge < -0.3 is 10.0 Å². The van der Waals surface area contributed by atoms with Crippen LogP contribution in [0.2, 0.25) is 5.02 Å². The second-order valence-corrected chi connectivity index (χ2v) is 8.86. The highest BCUT2D eigenvalue weighted by atomic mass is 79.9. The van der Waals surface area contributed by atoms with E-state index in [-0.39, 0.29) is 17.5 Å². The van der Waals surface area contributed by atoms with Crippen molar-refractivity contribution in [1.82, 2.24) is 10.2 Å². The first kappa shape index (κ1) is 18.9. The molecule has 0 radical (unpaired) electrons. The van der Waals surface area contributed by atoms with Gasteiger partial charge in [-0.1, -0.05) is 39.7 Å². The average molecular weight is 449 g/mol. The van der Waals surface area contributed by atoms with Crippen molar-refractivity contribution in [1.29, 1.82) is 0 Å². The molecular formula is C21H23BrClN3O. The summed E-state index contributed by atoms with van der Waals surface area (Å²) < 4.78 is 1.05. The SMILES string of the molecule is CN1CCC2(CC1)N=C(c1ccc(Br)cc1)C[C@@H](c1cc(Cl)ccc1O)N2. The van der Waals surface area contributed by atoms with Crippen molar-refractivity contribution in [3.63, 3.8) is 0 Å². The van der Waals surface area contributed by atoms with Crippen LogP contribution in [0.15, 0.2) is 51.9 Å². The molecule has 2 heterocycles. The van der Waals surface area contributed by atoms with E-state index in [0.717, 1.165) is 47.2 Å². The standard InChI is InChI=1S/C21H23BrClN3O/c1-26-10-8-21(9-11-26)24-18(14-2-4-15(22)5-3-14)13-19(25-21)17-12-16(23)6-7-20(17)27/h2-7,12,19,25,27H,8-11,13H2,1H3/t19-/m0/s1. The normalized spacial score (nSPS) is 22.6. The number of halogens is 2. The van der Waals surface area contributed by atoms with Crippen molar-refractivity contribution in [2.45, 2.75) is 31.0 Å². The predicted octanol–water partition coefficient (Wildman–Crippen LogP) is 4.75. The van der Waals surface area contributed by atoms with E-state index in [4.69, 9.17) is 16.6 Å². The maximum Gasteiger partial charge on any atom is 0.120 e. The zero-order valence-corrected chi connectivity index (χ0v) is 17.6. The molecule has 0 unspecified atom stereocenters. The first-order valence-electron chi connectivity index (χ1n) is 9.23. The largest absolute Gasteiger partial charge is 0.508 e. The third kappa shape index (κ3) is 4.06. The molecule has 2 aliphatic heterocycles. The topological polar surface area (TPSA) is 47.9 Å². The Labute approximate surface area is 173 Å². The van der Waals surface area contributed by atoms with Crippen LogP contribution >= 0.6 is 27.5 Å². The lowest BCUT2D eigenvalue weighted by Gasteiger charge is -2.44. The number of likely N-dealkylation sites (tertiary alicyclic amines) is 1. The van der Waals surface area contributed by atoms with Crippen molar-refractivity contribution in [2.75, 3.05) is 20.1 Å². The summed E-state index contributed by atoms with van der Waals surface area (Å²) in [6.07, 6.45) is 2.61. The molecule has 0 bridgehead atoms. The van der Waals surface area contributed by atoms with Crippen molar-refractivity contribution < 1.29 is 5.11 Å². The Kier molecular flexibility index (Phi) is 5.30. The zero-order valence-electron chi connectivity index (χ0n) is 15.3. The summed E-state index contributed by atoms with van der Waals surface area (Å²) in [7, 11) is 2.15. The number of nitrogens with zero attached hydrogens (tertiary/aromatic N) is 2. The van der Waals surface area contributed by atoms with Crippen LogP contribution in [0.1, 0.15) is 36.4 Å². The van der Waals surface area contributed by atoms with Crippen LogP contribution in [0.4, 0.5) is 0 Å². The van der Waals surface area contributed by atoms with Gasteiger partial charge in [0.2, 0.25) is 0 Å². The van der Waals surface area contributed by atoms with Crippen molar-refractivity contribution in [3.8, 4) is 5.75 Å². The highest BCUT2D eigenvalue weighted by Crippen LogP contribution is 2.38. The number of benzene rings is 2. The molecule has 142 valence electrons. The minimum Gasteiger partial charge on any atom is -0.508 e. The van der Waals surface area contributed by atoms with Crippen LogP contribution in [0.3, 0.4) is 0 Å². The van der Waals surface area contributed by atoms with Crippen LogP contribution in [0.25, 0.3) is 0 Å². The van der Waals surface area contributed by atoms with Gasteiger partial charge in [0.25, 0.3) is 0 Å². The van der Waals surface area contributed by atoms with Gasteiger partial charge in [0, 0.05) is 46.3 Å². The summed E-state index contributed by atoms with van der Waals surface area (Å²) >= 11 is 9.73. The number of hydrogen-bond donors (Lipinski definition) is 2. The lowest BCUT2D eigenvalue weighted by atomic mass is 9.87. The molecule has 2 aromatic rings. The fourth-order valence-corrected chi connectivity index (χ4v) is 4.41. The van der Waals surface area contributed by atoms with Gasteiger partial charge >= 0.3 is 0 Å². The molecule has 6 heteroatoms. The second kappa shape index (κ2) is 7.55. The molecule has 1 atom stereocenters. The monoisotopic (exact) mass is 447 g/mol. The molecule has 4 rings (SSSR count). The van der Waals surface area contributed by atoms with Gasteiger partial charge in [0.1, 0.15) is 11.4 Å². The predicted molar refractivity (Wildman–Crippen MR) is 114 cm³/mol. The molecule has 4 nitrogen and oxygen atoms in total. The highest BCUT2D eigenvalue weighted by Gasteiger charge is 2.40. The molecule has 1 spiro atoms. The number of phenols is 1. The fourth-order valence-electron chi connectivity index (χ4n) is 3.97. The number of rotatable bonds is 2. The molecule has 0 aliphatic carbocycles. The Bertz CT molecular complexity index is 860. The van der Waals surface area contributed by atoms with E-state index in [1.54, 1.807) is 12.1 Å². The van der Waals surface area contributed by atoms with Crippen LogP contribution in [-0.4, -0.2) is 41.5 Å². The van der Waals surface area contributed by atoms with E-state index in [9.17, 15) is 5.11 Å². The Balaban J connectivity index is 1.74. The zero-order chi connectivity index (χ0) is 19.0. The van der Waals surface area contributed by atoms with Crippen molar-refractivity contribution in [3.05, 3.63) is 63.1 Å². The highest BCUT2D eigenvalue weighted by molar-refractivity contribution is 9.10. The molecule has 0 amide bonds. The van der Waals surface area contributed by atoms with Gasteiger partial charge in [0.05, 0.1) is 0 Å². The van der Waals surface area contributed by atoms with Gasteiger partial charge in [-0.3, -0.25) is 10.3 Å². The van der Waals surface area contributed by atoms with Crippen LogP contribution in [0, 0.1) is 0 Å². The van der Waals surface area contributed by atoms with Gasteiger partial charge in [-0.2, -0.15) is 0 Å². The quantitative estimate of drug-likeness (QED) is 0.697. The molecule has 1 fully saturated rings. The molecule has 0 saturated carbocycles. The summed E-state index contributed by atoms with van der Waals surface area (Å²) in [6.45, 7) is 2.00. The van der Waals surface area contributed by atoms with E-state index in [1.807, 2.05) is 18.2 Å². The summed E-state index contributed by atoms with van der Waals surface area (Å²) in [5, 5.41) is 14.8. The summed E-state index contributed by atoms with van der Waals surface area (Å²) in [5.74, 6) is 0.275. The average Bonchev–Trinajstić information content (AvgIpc) is 2.66. The summed E-state index contributed by atoms with van der Waals surface area (Å²) in [5.41, 5.74) is 2.75. The third-order valence-corrected chi connectivity index (χ3v) is 6.31. The first-order valence-corrected chi connectivity index (χ1v) is 10.4. The van der Waals surface area contributed by atoms with Crippen LogP contribution in [-0.2, 0) is 0 Å². The fraction of sp³-hybridized carbons (Fsp3) is 0.381. The lowest BCUT2D eigenvalue weighted by Crippen LogP contribution is -2.55. The molecule has 27 heavy (non-hydrogen) atoms. The minimum absolute atomic E-state index is 0.0248.